The number of carbonyl (C=O) groups excluding carboxylic acids is 4. The van der Waals surface area contributed by atoms with Gasteiger partial charge in [-0.05, 0) is 55.0 Å². The van der Waals surface area contributed by atoms with E-state index < -0.39 is 6.04 Å². The minimum absolute atomic E-state index is 0.0787. The Morgan fingerprint density at radius 1 is 0.569 bits per heavy atom. The first-order valence-corrected chi connectivity index (χ1v) is 22.8. The molecule has 0 aromatic heterocycles. The van der Waals surface area contributed by atoms with E-state index in [1.54, 1.807) is 24.3 Å². The normalized spacial score (nSPS) is 11.7. The molecule has 0 saturated carbocycles. The second-order valence-electron chi connectivity index (χ2n) is 15.7. The number of nitrogens with one attached hydrogen (secondary N) is 4. The Bertz CT molecular complexity index is 1480. The summed E-state index contributed by atoms with van der Waals surface area (Å²) in [5.41, 5.74) is 2.79. The zero-order valence-electron chi connectivity index (χ0n) is 36.0. The SMILES string of the molecule is CCCCCCCCCCCCNC(=O)CCC(NC(=O)CCCC(=O)Nc1ccc(/C(C#N)=C\c2ccccc2)cc1)C(=O)NCCCCCCCCCCCC. The van der Waals surface area contributed by atoms with Crippen LogP contribution in [0.3, 0.4) is 0 Å². The molecule has 0 heterocycles. The average molecular weight is 798 g/mol. The topological polar surface area (TPSA) is 140 Å². The van der Waals surface area contributed by atoms with Gasteiger partial charge in [0.1, 0.15) is 6.04 Å². The van der Waals surface area contributed by atoms with Gasteiger partial charge < -0.3 is 21.3 Å². The van der Waals surface area contributed by atoms with E-state index in [1.165, 1.54) is 96.3 Å². The van der Waals surface area contributed by atoms with E-state index in [0.29, 0.717) is 30.8 Å². The van der Waals surface area contributed by atoms with Crippen molar-refractivity contribution in [3.05, 3.63) is 65.7 Å². The van der Waals surface area contributed by atoms with E-state index in [0.717, 1.165) is 43.2 Å². The minimum atomic E-state index is -0.819. The van der Waals surface area contributed by atoms with E-state index in [-0.39, 0.29) is 49.3 Å². The second kappa shape index (κ2) is 33.5. The highest BCUT2D eigenvalue weighted by atomic mass is 16.2. The van der Waals surface area contributed by atoms with Crippen LogP contribution in [0.4, 0.5) is 5.69 Å². The molecule has 4 amide bonds. The van der Waals surface area contributed by atoms with Gasteiger partial charge in [-0.1, -0.05) is 172 Å². The molecule has 4 N–H and O–H groups in total. The third kappa shape index (κ3) is 25.0. The maximum Gasteiger partial charge on any atom is 0.242 e. The summed E-state index contributed by atoms with van der Waals surface area (Å²) in [6.45, 7) is 5.63. The van der Waals surface area contributed by atoms with Gasteiger partial charge in [0.2, 0.25) is 23.6 Å². The van der Waals surface area contributed by atoms with E-state index in [4.69, 9.17) is 0 Å². The number of allylic oxidation sites excluding steroid dienone is 1. The largest absolute Gasteiger partial charge is 0.356 e. The van der Waals surface area contributed by atoms with Crippen LogP contribution in [0, 0.1) is 11.3 Å². The summed E-state index contributed by atoms with van der Waals surface area (Å²) in [5, 5.41) is 21.3. The number of nitriles is 1. The maximum atomic E-state index is 13.2. The smallest absolute Gasteiger partial charge is 0.242 e. The van der Waals surface area contributed by atoms with Gasteiger partial charge >= 0.3 is 0 Å². The molecule has 58 heavy (non-hydrogen) atoms. The Hall–Kier alpha value is -4.45. The number of hydrogen-bond donors (Lipinski definition) is 4. The molecule has 2 rings (SSSR count). The van der Waals surface area contributed by atoms with Crippen molar-refractivity contribution in [2.24, 2.45) is 0 Å². The fourth-order valence-corrected chi connectivity index (χ4v) is 6.95. The predicted octanol–water partition coefficient (Wildman–Crippen LogP) is 11.2. The third-order valence-electron chi connectivity index (χ3n) is 10.5. The number of carbonyl (C=O) groups is 4. The lowest BCUT2D eigenvalue weighted by Gasteiger charge is -2.18. The molecule has 0 aliphatic carbocycles. The minimum Gasteiger partial charge on any atom is -0.356 e. The number of benzene rings is 2. The van der Waals surface area contributed by atoms with Crippen LogP contribution in [0.2, 0.25) is 0 Å². The van der Waals surface area contributed by atoms with Crippen LogP contribution in [0.25, 0.3) is 11.6 Å². The van der Waals surface area contributed by atoms with Crippen molar-refractivity contribution in [2.45, 2.75) is 180 Å². The van der Waals surface area contributed by atoms with Crippen LogP contribution in [-0.4, -0.2) is 42.8 Å². The molecule has 0 bridgehead atoms. The summed E-state index contributed by atoms with van der Waals surface area (Å²) < 4.78 is 0. The molecule has 0 aliphatic heterocycles. The molecule has 320 valence electrons. The lowest BCUT2D eigenvalue weighted by molar-refractivity contribution is -0.130. The Labute approximate surface area is 351 Å². The molecule has 1 unspecified atom stereocenters. The molecule has 0 radical (unpaired) electrons. The zero-order valence-corrected chi connectivity index (χ0v) is 36.0. The van der Waals surface area contributed by atoms with Crippen LogP contribution in [0.15, 0.2) is 54.6 Å². The van der Waals surface area contributed by atoms with Crippen molar-refractivity contribution in [3.8, 4) is 6.07 Å². The highest BCUT2D eigenvalue weighted by Gasteiger charge is 2.22. The lowest BCUT2D eigenvalue weighted by atomic mass is 10.0. The number of nitrogens with zero attached hydrogens (tertiary/aromatic N) is 1. The molecule has 0 spiro atoms. The van der Waals surface area contributed by atoms with E-state index >= 15 is 0 Å². The van der Waals surface area contributed by atoms with Crippen molar-refractivity contribution in [2.75, 3.05) is 18.4 Å². The van der Waals surface area contributed by atoms with Gasteiger partial charge in [-0.3, -0.25) is 19.2 Å². The van der Waals surface area contributed by atoms with Gasteiger partial charge in [-0.15, -0.1) is 0 Å². The van der Waals surface area contributed by atoms with E-state index in [2.05, 4.69) is 41.2 Å². The van der Waals surface area contributed by atoms with Crippen LogP contribution in [0.1, 0.15) is 185 Å². The summed E-state index contributed by atoms with van der Waals surface area (Å²) in [7, 11) is 0. The van der Waals surface area contributed by atoms with Crippen LogP contribution < -0.4 is 21.3 Å². The van der Waals surface area contributed by atoms with Crippen LogP contribution in [0.5, 0.6) is 0 Å². The number of rotatable bonds is 34. The summed E-state index contributed by atoms with van der Waals surface area (Å²) >= 11 is 0. The van der Waals surface area contributed by atoms with Gasteiger partial charge in [0.05, 0.1) is 11.6 Å². The molecule has 0 aliphatic rings. The Morgan fingerprint density at radius 2 is 1.07 bits per heavy atom. The Kier molecular flexibility index (Phi) is 28.7. The lowest BCUT2D eigenvalue weighted by Crippen LogP contribution is -2.47. The highest BCUT2D eigenvalue weighted by molar-refractivity contribution is 5.93. The number of unbranched alkanes of at least 4 members (excludes halogenated alkanes) is 18. The first-order chi connectivity index (χ1) is 28.4. The van der Waals surface area contributed by atoms with Gasteiger partial charge in [-0.2, -0.15) is 5.26 Å². The monoisotopic (exact) mass is 798 g/mol. The van der Waals surface area contributed by atoms with Gasteiger partial charge in [-0.25, -0.2) is 0 Å². The molecule has 9 heteroatoms. The molecular weight excluding hydrogens is 723 g/mol. The van der Waals surface area contributed by atoms with Crippen molar-refractivity contribution in [3.63, 3.8) is 0 Å². The Morgan fingerprint density at radius 3 is 1.60 bits per heavy atom. The Balaban J connectivity index is 1.77. The summed E-state index contributed by atoms with van der Waals surface area (Å²) in [6.07, 6.45) is 27.1. The molecule has 9 nitrogen and oxygen atoms in total. The first kappa shape index (κ1) is 49.7. The summed E-state index contributed by atoms with van der Waals surface area (Å²) in [6, 6.07) is 18.1. The van der Waals surface area contributed by atoms with Crippen molar-refractivity contribution in [1.82, 2.24) is 16.0 Å². The van der Waals surface area contributed by atoms with Crippen molar-refractivity contribution < 1.29 is 19.2 Å². The highest BCUT2D eigenvalue weighted by Crippen LogP contribution is 2.20. The van der Waals surface area contributed by atoms with Gasteiger partial charge in [0, 0.05) is 38.0 Å². The molecule has 0 fully saturated rings. The second-order valence-corrected chi connectivity index (χ2v) is 15.7. The molecular formula is C49H75N5O4. The van der Waals surface area contributed by atoms with Crippen molar-refractivity contribution >= 4 is 41.0 Å². The van der Waals surface area contributed by atoms with Crippen LogP contribution in [-0.2, 0) is 19.2 Å². The number of anilines is 1. The average Bonchev–Trinajstić information content (AvgIpc) is 3.23. The van der Waals surface area contributed by atoms with E-state index in [9.17, 15) is 24.4 Å². The van der Waals surface area contributed by atoms with E-state index in [1.807, 2.05) is 36.4 Å². The molecule has 2 aromatic carbocycles. The molecule has 1 atom stereocenters. The zero-order chi connectivity index (χ0) is 41.9. The fraction of sp³-hybridized carbons (Fsp3) is 0.612. The number of amides is 4. The fourth-order valence-electron chi connectivity index (χ4n) is 6.95. The quantitative estimate of drug-likeness (QED) is 0.0317. The standard InChI is InChI=1S/C49H75N5O4/c1-3-5-7-9-11-13-15-17-19-24-37-51-46(55)36-35-45(49(58)52-38-25-20-18-16-14-12-10-8-6-4-2)54-48(57)30-26-29-47(56)53-44-33-31-42(32-34-44)43(40-50)39-41-27-22-21-23-28-41/h21-23,27-28,31-34,39,45H,3-20,24-26,29-30,35-38H2,1-2H3,(H,51,55)(H,52,58)(H,53,56)(H,54,57)/b43-39-. The number of hydrogen-bond acceptors (Lipinski definition) is 5. The van der Waals surface area contributed by atoms with Gasteiger partial charge in [0.15, 0.2) is 0 Å². The summed E-state index contributed by atoms with van der Waals surface area (Å²) in [5.74, 6) is -0.938. The first-order valence-electron chi connectivity index (χ1n) is 22.8. The predicted molar refractivity (Wildman–Crippen MR) is 240 cm³/mol. The van der Waals surface area contributed by atoms with Crippen molar-refractivity contribution in [1.29, 1.82) is 5.26 Å². The molecule has 2 aromatic rings. The van der Waals surface area contributed by atoms with Crippen LogP contribution >= 0.6 is 0 Å². The maximum absolute atomic E-state index is 13.2. The van der Waals surface area contributed by atoms with Gasteiger partial charge in [0.25, 0.3) is 0 Å². The summed E-state index contributed by atoms with van der Waals surface area (Å²) in [4.78, 5) is 51.6. The third-order valence-corrected chi connectivity index (χ3v) is 10.5. The molecule has 0 saturated heterocycles.